The third-order valence-electron chi connectivity index (χ3n) is 7.34. The summed E-state index contributed by atoms with van der Waals surface area (Å²) in [5.74, 6) is 2.22. The SMILES string of the molecule is NC(=O)C12CC3CC(C1)C(CC(=O)c1cc(-c4ccc(Cl)cc4)on1)C(C3)C2. The summed E-state index contributed by atoms with van der Waals surface area (Å²) in [7, 11) is 0. The van der Waals surface area contributed by atoms with E-state index >= 15 is 0 Å². The highest BCUT2D eigenvalue weighted by Gasteiger charge is 2.57. The summed E-state index contributed by atoms with van der Waals surface area (Å²) in [6.45, 7) is 0. The summed E-state index contributed by atoms with van der Waals surface area (Å²) in [6, 6.07) is 8.97. The molecule has 1 aromatic heterocycles. The standard InChI is InChI=1S/C22H23ClN2O3/c23-16-3-1-13(2-4-16)20-8-18(25-28-20)19(26)7-17-14-5-12-6-15(17)11-22(9-12,10-14)21(24)27/h1-4,8,12,14-15,17H,5-7,9-11H2,(H2,24,27). The number of nitrogens with zero attached hydrogens (tertiary/aromatic N) is 1. The quantitative estimate of drug-likeness (QED) is 0.751. The molecule has 2 N–H and O–H groups in total. The molecule has 4 aliphatic rings. The molecule has 2 unspecified atom stereocenters. The molecule has 0 radical (unpaired) electrons. The minimum absolute atomic E-state index is 0.0227. The summed E-state index contributed by atoms with van der Waals surface area (Å²) in [5, 5.41) is 4.66. The summed E-state index contributed by atoms with van der Waals surface area (Å²) in [5.41, 5.74) is 6.67. The molecule has 0 aliphatic heterocycles. The maximum absolute atomic E-state index is 12.9. The fourth-order valence-electron chi connectivity index (χ4n) is 6.24. The Morgan fingerprint density at radius 3 is 2.46 bits per heavy atom. The van der Waals surface area contributed by atoms with Crippen molar-refractivity contribution in [3.63, 3.8) is 0 Å². The van der Waals surface area contributed by atoms with Crippen LogP contribution < -0.4 is 5.73 Å². The summed E-state index contributed by atoms with van der Waals surface area (Å²) < 4.78 is 5.39. The van der Waals surface area contributed by atoms with Crippen LogP contribution in [0.1, 0.15) is 49.0 Å². The predicted octanol–water partition coefficient (Wildman–Crippen LogP) is 4.50. The van der Waals surface area contributed by atoms with Crippen LogP contribution in [0.3, 0.4) is 0 Å². The van der Waals surface area contributed by atoms with E-state index in [0.717, 1.165) is 37.7 Å². The van der Waals surface area contributed by atoms with Crippen molar-refractivity contribution in [3.8, 4) is 11.3 Å². The van der Waals surface area contributed by atoms with Crippen LogP contribution in [0.2, 0.25) is 5.02 Å². The van der Waals surface area contributed by atoms with Crippen LogP contribution in [0.4, 0.5) is 0 Å². The van der Waals surface area contributed by atoms with Gasteiger partial charge in [-0.1, -0.05) is 16.8 Å². The van der Waals surface area contributed by atoms with E-state index < -0.39 is 0 Å². The molecule has 4 saturated carbocycles. The lowest BCUT2D eigenvalue weighted by molar-refractivity contribution is -0.149. The van der Waals surface area contributed by atoms with Gasteiger partial charge in [-0.15, -0.1) is 0 Å². The average Bonchev–Trinajstić information content (AvgIpc) is 3.15. The molecule has 28 heavy (non-hydrogen) atoms. The van der Waals surface area contributed by atoms with Crippen molar-refractivity contribution in [1.82, 2.24) is 5.16 Å². The number of primary amides is 1. The molecule has 6 rings (SSSR count). The lowest BCUT2D eigenvalue weighted by Crippen LogP contribution is -2.56. The van der Waals surface area contributed by atoms with Gasteiger partial charge < -0.3 is 10.3 Å². The zero-order valence-corrected chi connectivity index (χ0v) is 16.3. The zero-order valence-electron chi connectivity index (χ0n) is 15.6. The van der Waals surface area contributed by atoms with Gasteiger partial charge in [-0.3, -0.25) is 9.59 Å². The number of carbonyl (C=O) groups excluding carboxylic acids is 2. The molecule has 4 fully saturated rings. The fraction of sp³-hybridized carbons (Fsp3) is 0.500. The molecule has 2 atom stereocenters. The molecular weight excluding hydrogens is 376 g/mol. The average molecular weight is 399 g/mol. The van der Waals surface area contributed by atoms with E-state index in [1.807, 2.05) is 12.1 Å². The van der Waals surface area contributed by atoms with Gasteiger partial charge in [0.1, 0.15) is 5.69 Å². The van der Waals surface area contributed by atoms with E-state index in [4.69, 9.17) is 21.9 Å². The van der Waals surface area contributed by atoms with E-state index in [-0.39, 0.29) is 17.1 Å². The maximum Gasteiger partial charge on any atom is 0.223 e. The van der Waals surface area contributed by atoms with Crippen LogP contribution in [-0.4, -0.2) is 16.8 Å². The van der Waals surface area contributed by atoms with Crippen molar-refractivity contribution in [2.75, 3.05) is 0 Å². The molecule has 1 amide bonds. The van der Waals surface area contributed by atoms with Gasteiger partial charge in [0.25, 0.3) is 0 Å². The Labute approximate surface area is 168 Å². The Balaban J connectivity index is 1.32. The fourth-order valence-corrected chi connectivity index (χ4v) is 6.37. The Morgan fingerprint density at radius 1 is 1.14 bits per heavy atom. The number of hydrogen-bond donors (Lipinski definition) is 1. The topological polar surface area (TPSA) is 86.2 Å². The van der Waals surface area contributed by atoms with E-state index in [1.165, 1.54) is 0 Å². The summed E-state index contributed by atoms with van der Waals surface area (Å²) >= 11 is 5.92. The Morgan fingerprint density at radius 2 is 1.82 bits per heavy atom. The van der Waals surface area contributed by atoms with E-state index in [0.29, 0.717) is 46.6 Å². The second kappa shape index (κ2) is 6.45. The lowest BCUT2D eigenvalue weighted by atomic mass is 9.45. The number of ketones is 1. The van der Waals surface area contributed by atoms with Crippen molar-refractivity contribution in [3.05, 3.63) is 41.0 Å². The Kier molecular flexibility index (Phi) is 4.13. The van der Waals surface area contributed by atoms with Gasteiger partial charge in [-0.05, 0) is 80.0 Å². The van der Waals surface area contributed by atoms with E-state index in [1.54, 1.807) is 18.2 Å². The molecule has 1 heterocycles. The highest BCUT2D eigenvalue weighted by atomic mass is 35.5. The first-order valence-corrected chi connectivity index (χ1v) is 10.4. The number of nitrogens with two attached hydrogens (primary N) is 1. The molecule has 1 aromatic carbocycles. The number of aromatic nitrogens is 1. The molecular formula is C22H23ClN2O3. The number of halogens is 1. The van der Waals surface area contributed by atoms with Gasteiger partial charge in [0.05, 0.1) is 0 Å². The van der Waals surface area contributed by atoms with Gasteiger partial charge in [0.15, 0.2) is 11.5 Å². The van der Waals surface area contributed by atoms with Crippen LogP contribution in [0.25, 0.3) is 11.3 Å². The third kappa shape index (κ3) is 2.87. The smallest absolute Gasteiger partial charge is 0.223 e. The van der Waals surface area contributed by atoms with Crippen LogP contribution in [-0.2, 0) is 4.79 Å². The number of Topliss-reactive ketones (excluding diaryl/α,β-unsaturated/α-hetero) is 1. The minimum atomic E-state index is -0.314. The lowest BCUT2D eigenvalue weighted by Gasteiger charge is -2.58. The van der Waals surface area contributed by atoms with Gasteiger partial charge in [-0.25, -0.2) is 0 Å². The second-order valence-corrected chi connectivity index (χ2v) is 9.43. The zero-order chi connectivity index (χ0) is 19.5. The van der Waals surface area contributed by atoms with E-state index in [2.05, 4.69) is 5.16 Å². The van der Waals surface area contributed by atoms with E-state index in [9.17, 15) is 9.59 Å². The first kappa shape index (κ1) is 17.9. The normalized spacial score (nSPS) is 33.2. The molecule has 4 bridgehead atoms. The number of carbonyl (C=O) groups is 2. The second-order valence-electron chi connectivity index (χ2n) is 8.99. The number of benzene rings is 1. The monoisotopic (exact) mass is 398 g/mol. The Hall–Kier alpha value is -2.14. The van der Waals surface area contributed by atoms with Crippen LogP contribution in [0.5, 0.6) is 0 Å². The van der Waals surface area contributed by atoms with Gasteiger partial charge in [0.2, 0.25) is 5.91 Å². The first-order chi connectivity index (χ1) is 13.4. The largest absolute Gasteiger partial charge is 0.369 e. The van der Waals surface area contributed by atoms with Crippen molar-refractivity contribution in [1.29, 1.82) is 0 Å². The molecule has 2 aromatic rings. The molecule has 5 nitrogen and oxygen atoms in total. The van der Waals surface area contributed by atoms with Crippen molar-refractivity contribution >= 4 is 23.3 Å². The van der Waals surface area contributed by atoms with Gasteiger partial charge in [-0.2, -0.15) is 0 Å². The Bertz CT molecular complexity index is 920. The van der Waals surface area contributed by atoms with Crippen molar-refractivity contribution in [2.45, 2.75) is 38.5 Å². The highest BCUT2D eigenvalue weighted by Crippen LogP contribution is 2.62. The number of hydrogen-bond acceptors (Lipinski definition) is 4. The minimum Gasteiger partial charge on any atom is -0.369 e. The number of rotatable bonds is 5. The maximum atomic E-state index is 12.9. The molecule has 146 valence electrons. The first-order valence-electron chi connectivity index (χ1n) is 9.99. The van der Waals surface area contributed by atoms with Crippen molar-refractivity contribution < 1.29 is 14.1 Å². The molecule has 0 spiro atoms. The van der Waals surface area contributed by atoms with Gasteiger partial charge in [0, 0.05) is 28.5 Å². The number of amides is 1. The van der Waals surface area contributed by atoms with Crippen LogP contribution in [0.15, 0.2) is 34.9 Å². The third-order valence-corrected chi connectivity index (χ3v) is 7.59. The molecule has 6 heteroatoms. The van der Waals surface area contributed by atoms with Crippen molar-refractivity contribution in [2.24, 2.45) is 34.8 Å². The molecule has 0 saturated heterocycles. The van der Waals surface area contributed by atoms with Gasteiger partial charge >= 0.3 is 0 Å². The van der Waals surface area contributed by atoms with Crippen LogP contribution >= 0.6 is 11.6 Å². The summed E-state index contributed by atoms with van der Waals surface area (Å²) in [4.78, 5) is 25.0. The van der Waals surface area contributed by atoms with Crippen LogP contribution in [0, 0.1) is 29.1 Å². The summed E-state index contributed by atoms with van der Waals surface area (Å²) in [6.07, 6.45) is 5.37. The highest BCUT2D eigenvalue weighted by molar-refractivity contribution is 6.30. The predicted molar refractivity (Wildman–Crippen MR) is 105 cm³/mol. The molecule has 4 aliphatic carbocycles.